The number of piperazine rings is 1. The van der Waals surface area contributed by atoms with Crippen molar-refractivity contribution in [3.8, 4) is 0 Å². The van der Waals surface area contributed by atoms with Gasteiger partial charge in [-0.25, -0.2) is 4.39 Å². The molecule has 2 rings (SSSR count). The summed E-state index contributed by atoms with van der Waals surface area (Å²) < 4.78 is 13.6. The Balaban J connectivity index is 0.00000312. The first-order valence-corrected chi connectivity index (χ1v) is 8.76. The van der Waals surface area contributed by atoms with Crippen LogP contribution in [0.15, 0.2) is 23.2 Å². The smallest absolute Gasteiger partial charge is 0.191 e. The number of rotatable bonds is 6. The molecule has 1 fully saturated rings. The molecule has 0 unspecified atom stereocenters. The van der Waals surface area contributed by atoms with Crippen molar-refractivity contribution in [1.82, 2.24) is 20.4 Å². The van der Waals surface area contributed by atoms with E-state index in [2.05, 4.69) is 32.3 Å². The number of likely N-dealkylation sites (N-methyl/N-ethyl adjacent to an activating group) is 1. The van der Waals surface area contributed by atoms with Crippen LogP contribution in [-0.4, -0.2) is 68.6 Å². The fourth-order valence-electron chi connectivity index (χ4n) is 2.81. The third-order valence-electron chi connectivity index (χ3n) is 4.55. The summed E-state index contributed by atoms with van der Waals surface area (Å²) in [7, 11) is 1.76. The molecule has 0 aliphatic carbocycles. The predicted octanol–water partition coefficient (Wildman–Crippen LogP) is 2.05. The lowest BCUT2D eigenvalue weighted by Crippen LogP contribution is -2.49. The molecule has 0 amide bonds. The summed E-state index contributed by atoms with van der Waals surface area (Å²) in [6, 6.07) is 5.31. The monoisotopic (exact) mass is 463 g/mol. The van der Waals surface area contributed by atoms with Gasteiger partial charge in [0.15, 0.2) is 5.96 Å². The molecule has 142 valence electrons. The van der Waals surface area contributed by atoms with Gasteiger partial charge in [-0.05, 0) is 30.7 Å². The molecule has 0 radical (unpaired) electrons. The third-order valence-corrected chi connectivity index (χ3v) is 4.55. The average Bonchev–Trinajstić information content (AvgIpc) is 2.61. The lowest BCUT2D eigenvalue weighted by Gasteiger charge is -2.34. The van der Waals surface area contributed by atoms with Gasteiger partial charge in [-0.1, -0.05) is 19.1 Å². The third kappa shape index (κ3) is 7.45. The molecule has 1 aromatic rings. The highest BCUT2D eigenvalue weighted by molar-refractivity contribution is 14.0. The van der Waals surface area contributed by atoms with Crippen LogP contribution >= 0.6 is 24.0 Å². The van der Waals surface area contributed by atoms with Gasteiger partial charge in [-0.15, -0.1) is 24.0 Å². The summed E-state index contributed by atoms with van der Waals surface area (Å²) in [5, 5.41) is 6.56. The first kappa shape index (κ1) is 22.1. The van der Waals surface area contributed by atoms with E-state index in [1.165, 1.54) is 0 Å². The normalized spacial score (nSPS) is 16.4. The maximum atomic E-state index is 13.6. The van der Waals surface area contributed by atoms with Gasteiger partial charge in [0.05, 0.1) is 0 Å². The van der Waals surface area contributed by atoms with Crippen LogP contribution < -0.4 is 10.6 Å². The summed E-state index contributed by atoms with van der Waals surface area (Å²) in [6.07, 6.45) is 0. The van der Waals surface area contributed by atoms with Crippen LogP contribution in [0.1, 0.15) is 18.1 Å². The fourth-order valence-corrected chi connectivity index (χ4v) is 2.81. The number of aryl methyl sites for hydroxylation is 1. The second-order valence-corrected chi connectivity index (χ2v) is 6.21. The van der Waals surface area contributed by atoms with Gasteiger partial charge >= 0.3 is 0 Å². The lowest BCUT2D eigenvalue weighted by atomic mass is 10.1. The Kier molecular flexibility index (Phi) is 10.3. The Labute approximate surface area is 168 Å². The van der Waals surface area contributed by atoms with Gasteiger partial charge < -0.3 is 15.5 Å². The average molecular weight is 463 g/mol. The van der Waals surface area contributed by atoms with E-state index in [1.54, 1.807) is 26.1 Å². The molecule has 5 nitrogen and oxygen atoms in total. The first-order chi connectivity index (χ1) is 11.6. The predicted molar refractivity (Wildman–Crippen MR) is 113 cm³/mol. The van der Waals surface area contributed by atoms with Crippen molar-refractivity contribution in [3.05, 3.63) is 35.1 Å². The van der Waals surface area contributed by atoms with E-state index in [0.717, 1.165) is 57.3 Å². The zero-order valence-corrected chi connectivity index (χ0v) is 17.8. The number of guanidine groups is 1. The van der Waals surface area contributed by atoms with E-state index in [9.17, 15) is 4.39 Å². The molecule has 1 aromatic carbocycles. The minimum atomic E-state index is -0.163. The standard InChI is InChI=1S/C18H30FN5.HI/c1-4-23-9-11-24(12-10-23)8-7-21-18(20-3)22-14-16-6-5-15(2)17(19)13-16;/h5-6,13H,4,7-12,14H2,1-3H3,(H2,20,21,22);1H. The summed E-state index contributed by atoms with van der Waals surface area (Å²) in [6.45, 7) is 12.1. The Morgan fingerprint density at radius 2 is 1.84 bits per heavy atom. The van der Waals surface area contributed by atoms with Crippen LogP contribution in [0.5, 0.6) is 0 Å². The van der Waals surface area contributed by atoms with Gasteiger partial charge in [0, 0.05) is 52.9 Å². The Morgan fingerprint density at radius 1 is 1.16 bits per heavy atom. The minimum absolute atomic E-state index is 0. The molecule has 1 aliphatic heterocycles. The van der Waals surface area contributed by atoms with E-state index < -0.39 is 0 Å². The van der Waals surface area contributed by atoms with Crippen LogP contribution in [0.2, 0.25) is 0 Å². The number of aliphatic imine (C=N–C) groups is 1. The first-order valence-electron chi connectivity index (χ1n) is 8.76. The molecule has 25 heavy (non-hydrogen) atoms. The Bertz CT molecular complexity index is 544. The maximum Gasteiger partial charge on any atom is 0.191 e. The number of nitrogens with zero attached hydrogens (tertiary/aromatic N) is 3. The van der Waals surface area contributed by atoms with Crippen molar-refractivity contribution >= 4 is 29.9 Å². The number of hydrogen-bond acceptors (Lipinski definition) is 3. The zero-order chi connectivity index (χ0) is 17.4. The van der Waals surface area contributed by atoms with Gasteiger partial charge in [-0.3, -0.25) is 9.89 Å². The molecular weight excluding hydrogens is 432 g/mol. The summed E-state index contributed by atoms with van der Waals surface area (Å²) in [4.78, 5) is 9.18. The van der Waals surface area contributed by atoms with Crippen LogP contribution in [-0.2, 0) is 6.54 Å². The highest BCUT2D eigenvalue weighted by atomic mass is 127. The van der Waals surface area contributed by atoms with Crippen molar-refractivity contribution in [2.45, 2.75) is 20.4 Å². The van der Waals surface area contributed by atoms with Crippen LogP contribution in [0.4, 0.5) is 4.39 Å². The van der Waals surface area contributed by atoms with Gasteiger partial charge in [0.1, 0.15) is 5.82 Å². The number of hydrogen-bond donors (Lipinski definition) is 2. The van der Waals surface area contributed by atoms with E-state index in [1.807, 2.05) is 6.07 Å². The molecule has 1 saturated heterocycles. The Hall–Kier alpha value is -0.930. The molecule has 1 aliphatic rings. The van der Waals surface area contributed by atoms with Crippen LogP contribution in [0, 0.1) is 12.7 Å². The minimum Gasteiger partial charge on any atom is -0.355 e. The molecule has 1 heterocycles. The summed E-state index contributed by atoms with van der Waals surface area (Å²) in [5.74, 6) is 0.589. The SMILES string of the molecule is CCN1CCN(CCNC(=NC)NCc2ccc(C)c(F)c2)CC1.I. The largest absolute Gasteiger partial charge is 0.355 e. The van der Waals surface area contributed by atoms with Crippen molar-refractivity contribution < 1.29 is 4.39 Å². The van der Waals surface area contributed by atoms with Gasteiger partial charge in [-0.2, -0.15) is 0 Å². The highest BCUT2D eigenvalue weighted by Crippen LogP contribution is 2.08. The Morgan fingerprint density at radius 3 is 2.44 bits per heavy atom. The molecular formula is C18H31FIN5. The molecule has 7 heteroatoms. The van der Waals surface area contributed by atoms with E-state index in [4.69, 9.17) is 0 Å². The maximum absolute atomic E-state index is 13.6. The highest BCUT2D eigenvalue weighted by Gasteiger charge is 2.14. The fraction of sp³-hybridized carbons (Fsp3) is 0.611. The van der Waals surface area contributed by atoms with Crippen molar-refractivity contribution in [2.75, 3.05) is 52.9 Å². The van der Waals surface area contributed by atoms with Crippen molar-refractivity contribution in [3.63, 3.8) is 0 Å². The number of halogens is 2. The van der Waals surface area contributed by atoms with Crippen LogP contribution in [0.3, 0.4) is 0 Å². The molecule has 0 spiro atoms. The molecule has 2 N–H and O–H groups in total. The molecule has 0 aromatic heterocycles. The number of nitrogens with one attached hydrogen (secondary N) is 2. The number of benzene rings is 1. The lowest BCUT2D eigenvalue weighted by molar-refractivity contribution is 0.139. The second-order valence-electron chi connectivity index (χ2n) is 6.21. The molecule has 0 saturated carbocycles. The van der Waals surface area contributed by atoms with Crippen molar-refractivity contribution in [2.24, 2.45) is 4.99 Å². The van der Waals surface area contributed by atoms with Gasteiger partial charge in [0.25, 0.3) is 0 Å². The quantitative estimate of drug-likeness (QED) is 0.385. The van der Waals surface area contributed by atoms with Gasteiger partial charge in [0.2, 0.25) is 0 Å². The molecule has 0 atom stereocenters. The topological polar surface area (TPSA) is 42.9 Å². The van der Waals surface area contributed by atoms with E-state index in [0.29, 0.717) is 12.1 Å². The van der Waals surface area contributed by atoms with E-state index >= 15 is 0 Å². The molecule has 0 bridgehead atoms. The summed E-state index contributed by atoms with van der Waals surface area (Å²) in [5.41, 5.74) is 1.58. The zero-order valence-electron chi connectivity index (χ0n) is 15.5. The van der Waals surface area contributed by atoms with E-state index in [-0.39, 0.29) is 29.8 Å². The second kappa shape index (κ2) is 11.6. The summed E-state index contributed by atoms with van der Waals surface area (Å²) >= 11 is 0. The van der Waals surface area contributed by atoms with Crippen LogP contribution in [0.25, 0.3) is 0 Å². The van der Waals surface area contributed by atoms with Crippen molar-refractivity contribution in [1.29, 1.82) is 0 Å².